The minimum atomic E-state index is -2.62. The van der Waals surface area contributed by atoms with E-state index in [-0.39, 0.29) is 25.7 Å². The van der Waals surface area contributed by atoms with Gasteiger partial charge in [-0.05, 0) is 30.5 Å². The van der Waals surface area contributed by atoms with Crippen molar-refractivity contribution in [1.29, 1.82) is 0 Å². The molecular formula is C19H16ClF3N3. The second kappa shape index (κ2) is 6.58. The van der Waals surface area contributed by atoms with Crippen molar-refractivity contribution in [3.05, 3.63) is 64.3 Å². The Morgan fingerprint density at radius 3 is 2.65 bits per heavy atom. The molecule has 7 heteroatoms. The van der Waals surface area contributed by atoms with Gasteiger partial charge >= 0.3 is 0 Å². The molecule has 1 radical (unpaired) electrons. The van der Waals surface area contributed by atoms with Crippen LogP contribution in [0.4, 0.5) is 13.2 Å². The molecule has 0 spiro atoms. The van der Waals surface area contributed by atoms with Crippen molar-refractivity contribution in [2.75, 3.05) is 0 Å². The fraction of sp³-hybridized carbons (Fsp3) is 0.316. The van der Waals surface area contributed by atoms with E-state index in [2.05, 4.69) is 15.0 Å². The van der Waals surface area contributed by atoms with Gasteiger partial charge in [0.15, 0.2) is 0 Å². The van der Waals surface area contributed by atoms with Gasteiger partial charge in [0.1, 0.15) is 5.65 Å². The summed E-state index contributed by atoms with van der Waals surface area (Å²) in [6.07, 6.45) is 3.78. The average Bonchev–Trinajstić information content (AvgIpc) is 2.99. The molecule has 1 aliphatic rings. The van der Waals surface area contributed by atoms with Crippen LogP contribution in [0.3, 0.4) is 0 Å². The first-order valence-corrected chi connectivity index (χ1v) is 8.79. The number of nitrogens with one attached hydrogen (secondary N) is 1. The van der Waals surface area contributed by atoms with E-state index in [1.165, 1.54) is 0 Å². The van der Waals surface area contributed by atoms with E-state index in [4.69, 9.17) is 11.6 Å². The summed E-state index contributed by atoms with van der Waals surface area (Å²) in [7, 11) is 0. The Bertz CT molecular complexity index is 944. The molecule has 0 bridgehead atoms. The maximum Gasteiger partial charge on any atom is 0.248 e. The molecule has 0 saturated heterocycles. The van der Waals surface area contributed by atoms with E-state index in [0.29, 0.717) is 28.3 Å². The molecule has 0 amide bonds. The lowest BCUT2D eigenvalue weighted by molar-refractivity contribution is -0.0285. The number of nitrogens with zero attached hydrogens (tertiary/aromatic N) is 2. The van der Waals surface area contributed by atoms with Gasteiger partial charge in [0.2, 0.25) is 11.9 Å². The van der Waals surface area contributed by atoms with Gasteiger partial charge in [0.05, 0.1) is 10.7 Å². The third-order valence-electron chi connectivity index (χ3n) is 4.84. The van der Waals surface area contributed by atoms with Crippen LogP contribution in [0.15, 0.2) is 30.6 Å². The van der Waals surface area contributed by atoms with Crippen LogP contribution in [0.2, 0.25) is 5.02 Å². The van der Waals surface area contributed by atoms with E-state index in [1.807, 2.05) is 0 Å². The number of aromatic amines is 1. The Kier molecular flexibility index (Phi) is 4.39. The topological polar surface area (TPSA) is 41.6 Å². The third-order valence-corrected chi connectivity index (χ3v) is 5.04. The predicted molar refractivity (Wildman–Crippen MR) is 93.9 cm³/mol. The van der Waals surface area contributed by atoms with Crippen LogP contribution >= 0.6 is 11.6 Å². The van der Waals surface area contributed by atoms with E-state index in [0.717, 1.165) is 16.9 Å². The summed E-state index contributed by atoms with van der Waals surface area (Å²) in [6, 6.07) is 5.18. The molecule has 4 rings (SSSR count). The number of pyridine rings is 2. The summed E-state index contributed by atoms with van der Waals surface area (Å²) in [6.45, 7) is 0. The Morgan fingerprint density at radius 1 is 1.15 bits per heavy atom. The molecule has 3 nitrogen and oxygen atoms in total. The maximum absolute atomic E-state index is 14.5. The highest BCUT2D eigenvalue weighted by Crippen LogP contribution is 2.39. The van der Waals surface area contributed by atoms with E-state index in [9.17, 15) is 13.2 Å². The fourth-order valence-corrected chi connectivity index (χ4v) is 3.51. The number of hydrogen-bond donors (Lipinski definition) is 1. The Hall–Kier alpha value is -2.08. The molecule has 1 aliphatic carbocycles. The molecule has 135 valence electrons. The molecule has 0 aliphatic heterocycles. The monoisotopic (exact) mass is 378 g/mol. The molecule has 3 aromatic heterocycles. The van der Waals surface area contributed by atoms with E-state index >= 15 is 0 Å². The number of aromatic nitrogens is 3. The number of rotatable bonds is 3. The quantitative estimate of drug-likeness (QED) is 0.614. The minimum Gasteiger partial charge on any atom is -0.346 e. The van der Waals surface area contributed by atoms with E-state index in [1.54, 1.807) is 30.6 Å². The highest BCUT2D eigenvalue weighted by Gasteiger charge is 2.36. The smallest absolute Gasteiger partial charge is 0.248 e. The summed E-state index contributed by atoms with van der Waals surface area (Å²) in [5.74, 6) is -2.40. The van der Waals surface area contributed by atoms with Crippen LogP contribution in [0.25, 0.3) is 11.0 Å². The Labute approximate surface area is 153 Å². The summed E-state index contributed by atoms with van der Waals surface area (Å²) in [5.41, 5.74) is 2.48. The highest BCUT2D eigenvalue weighted by atomic mass is 35.5. The Morgan fingerprint density at radius 2 is 1.92 bits per heavy atom. The number of fused-ring (bicyclic) bond motifs is 1. The predicted octanol–water partition coefficient (Wildman–Crippen LogP) is 5.47. The molecular weight excluding hydrogens is 363 g/mol. The lowest BCUT2D eigenvalue weighted by Gasteiger charge is -2.27. The molecule has 1 N–H and O–H groups in total. The summed E-state index contributed by atoms with van der Waals surface area (Å²) in [5, 5.41) is 1.35. The number of hydrogen-bond acceptors (Lipinski definition) is 2. The molecule has 1 fully saturated rings. The first kappa shape index (κ1) is 17.3. The zero-order valence-corrected chi connectivity index (χ0v) is 14.6. The molecule has 1 saturated carbocycles. The van der Waals surface area contributed by atoms with Gasteiger partial charge in [-0.2, -0.15) is 4.39 Å². The largest absolute Gasteiger partial charge is 0.346 e. The van der Waals surface area contributed by atoms with Gasteiger partial charge in [0, 0.05) is 48.5 Å². The van der Waals surface area contributed by atoms with Crippen LogP contribution in [-0.4, -0.2) is 20.9 Å². The van der Waals surface area contributed by atoms with Crippen molar-refractivity contribution in [2.24, 2.45) is 0 Å². The minimum absolute atomic E-state index is 0.198. The van der Waals surface area contributed by atoms with Gasteiger partial charge < -0.3 is 4.98 Å². The summed E-state index contributed by atoms with van der Waals surface area (Å²) >= 11 is 5.99. The lowest BCUT2D eigenvalue weighted by atomic mass is 9.84. The van der Waals surface area contributed by atoms with E-state index < -0.39 is 11.9 Å². The van der Waals surface area contributed by atoms with Gasteiger partial charge in [-0.3, -0.25) is 0 Å². The first-order valence-electron chi connectivity index (χ1n) is 8.41. The van der Waals surface area contributed by atoms with Crippen molar-refractivity contribution < 1.29 is 13.2 Å². The van der Waals surface area contributed by atoms with Crippen LogP contribution < -0.4 is 0 Å². The molecule has 3 heterocycles. The summed E-state index contributed by atoms with van der Waals surface area (Å²) < 4.78 is 41.1. The number of alkyl halides is 2. The SMILES string of the molecule is Fc1nc([C]2CCC(F)(F)CC2)ccc1Cc1c[nH]c2ncc(Cl)cc12. The Balaban J connectivity index is 1.55. The second-order valence-electron chi connectivity index (χ2n) is 6.65. The third kappa shape index (κ3) is 3.43. The second-order valence-corrected chi connectivity index (χ2v) is 7.08. The standard InChI is InChI=1S/C19H16ClF3N3/c20-14-8-15-13(9-24-18(15)25-10-14)7-12-1-2-16(26-17(12)21)11-3-5-19(22,23)6-4-11/h1-2,8-10H,3-7H2,(H,24,25). The van der Waals surface area contributed by atoms with Crippen molar-refractivity contribution in [3.63, 3.8) is 0 Å². The van der Waals surface area contributed by atoms with Crippen LogP contribution in [0.5, 0.6) is 0 Å². The maximum atomic E-state index is 14.5. The highest BCUT2D eigenvalue weighted by molar-refractivity contribution is 6.31. The molecule has 0 unspecified atom stereocenters. The summed E-state index contributed by atoms with van der Waals surface area (Å²) in [4.78, 5) is 11.3. The van der Waals surface area contributed by atoms with Gasteiger partial charge in [-0.1, -0.05) is 17.7 Å². The van der Waals surface area contributed by atoms with Gasteiger partial charge in [-0.15, -0.1) is 0 Å². The zero-order valence-electron chi connectivity index (χ0n) is 13.8. The molecule has 0 atom stereocenters. The zero-order chi connectivity index (χ0) is 18.3. The fourth-order valence-electron chi connectivity index (χ4n) is 3.35. The van der Waals surface area contributed by atoms with Crippen molar-refractivity contribution in [3.8, 4) is 0 Å². The average molecular weight is 379 g/mol. The van der Waals surface area contributed by atoms with Crippen molar-refractivity contribution >= 4 is 22.6 Å². The lowest BCUT2D eigenvalue weighted by Crippen LogP contribution is -2.24. The van der Waals surface area contributed by atoms with Crippen LogP contribution in [-0.2, 0) is 6.42 Å². The molecule has 0 aromatic carbocycles. The number of H-pyrrole nitrogens is 1. The molecule has 3 aromatic rings. The van der Waals surface area contributed by atoms with Gasteiger partial charge in [0.25, 0.3) is 0 Å². The van der Waals surface area contributed by atoms with Crippen molar-refractivity contribution in [2.45, 2.75) is 38.0 Å². The molecule has 26 heavy (non-hydrogen) atoms. The first-order chi connectivity index (χ1) is 12.4. The van der Waals surface area contributed by atoms with Gasteiger partial charge in [-0.25, -0.2) is 18.7 Å². The normalized spacial score (nSPS) is 17.7. The van der Waals surface area contributed by atoms with Crippen molar-refractivity contribution in [1.82, 2.24) is 15.0 Å². The number of halogens is 4. The van der Waals surface area contributed by atoms with Crippen LogP contribution in [0.1, 0.15) is 42.5 Å². The van der Waals surface area contributed by atoms with Crippen LogP contribution in [0, 0.1) is 11.9 Å².